The number of anilines is 1. The van der Waals surface area contributed by atoms with Gasteiger partial charge in [-0.25, -0.2) is 0 Å². The van der Waals surface area contributed by atoms with Gasteiger partial charge in [0.05, 0.1) is 11.0 Å². The van der Waals surface area contributed by atoms with Crippen LogP contribution in [-0.4, -0.2) is 19.2 Å². The molecule has 88 valence electrons. The number of hydrogen-bond donors (Lipinski definition) is 1. The molecule has 2 N–H and O–H groups in total. The molecule has 0 spiro atoms. The lowest BCUT2D eigenvalue weighted by Crippen LogP contribution is -1.96. The van der Waals surface area contributed by atoms with E-state index in [0.717, 1.165) is 28.3 Å². The van der Waals surface area contributed by atoms with Gasteiger partial charge in [0.2, 0.25) is 5.78 Å². The SMILES string of the molecule is CC(C)c1nnc2n(C)c3ccc(N)cc3n12. The minimum Gasteiger partial charge on any atom is -0.399 e. The molecule has 0 saturated heterocycles. The molecule has 0 atom stereocenters. The summed E-state index contributed by atoms with van der Waals surface area (Å²) in [7, 11) is 1.99. The zero-order valence-electron chi connectivity index (χ0n) is 10.2. The number of nitrogens with zero attached hydrogens (tertiary/aromatic N) is 4. The number of imidazole rings is 1. The van der Waals surface area contributed by atoms with Gasteiger partial charge >= 0.3 is 0 Å². The quantitative estimate of drug-likeness (QED) is 0.648. The molecule has 0 bridgehead atoms. The topological polar surface area (TPSA) is 61.1 Å². The third kappa shape index (κ3) is 1.25. The number of benzene rings is 1. The molecule has 0 amide bonds. The fourth-order valence-electron chi connectivity index (χ4n) is 2.22. The summed E-state index contributed by atoms with van der Waals surface area (Å²) in [5.41, 5.74) is 8.80. The number of nitrogens with two attached hydrogens (primary N) is 1. The number of hydrogen-bond acceptors (Lipinski definition) is 3. The number of fused-ring (bicyclic) bond motifs is 3. The molecule has 0 aliphatic carbocycles. The molecule has 0 aliphatic rings. The Morgan fingerprint density at radius 1 is 1.18 bits per heavy atom. The molecule has 17 heavy (non-hydrogen) atoms. The van der Waals surface area contributed by atoms with Gasteiger partial charge in [0.25, 0.3) is 0 Å². The molecule has 3 rings (SSSR count). The van der Waals surface area contributed by atoms with Gasteiger partial charge in [-0.2, -0.15) is 0 Å². The monoisotopic (exact) mass is 229 g/mol. The molecule has 3 aromatic rings. The van der Waals surface area contributed by atoms with E-state index in [0.29, 0.717) is 5.92 Å². The van der Waals surface area contributed by atoms with Crippen molar-refractivity contribution in [1.29, 1.82) is 0 Å². The van der Waals surface area contributed by atoms with Crippen LogP contribution in [0.15, 0.2) is 18.2 Å². The Labute approximate surface area is 98.9 Å². The third-order valence-corrected chi connectivity index (χ3v) is 3.09. The summed E-state index contributed by atoms with van der Waals surface area (Å²) < 4.78 is 4.12. The van der Waals surface area contributed by atoms with Crippen molar-refractivity contribution < 1.29 is 0 Å². The van der Waals surface area contributed by atoms with Crippen LogP contribution in [0, 0.1) is 0 Å². The van der Waals surface area contributed by atoms with Crippen molar-refractivity contribution in [3.63, 3.8) is 0 Å². The smallest absolute Gasteiger partial charge is 0.236 e. The highest BCUT2D eigenvalue weighted by Crippen LogP contribution is 2.24. The van der Waals surface area contributed by atoms with Crippen molar-refractivity contribution in [3.05, 3.63) is 24.0 Å². The van der Waals surface area contributed by atoms with Crippen LogP contribution >= 0.6 is 0 Å². The van der Waals surface area contributed by atoms with Gasteiger partial charge in [0.15, 0.2) is 0 Å². The van der Waals surface area contributed by atoms with Crippen LogP contribution in [0.1, 0.15) is 25.6 Å². The zero-order chi connectivity index (χ0) is 12.2. The summed E-state index contributed by atoms with van der Waals surface area (Å²) >= 11 is 0. The Kier molecular flexibility index (Phi) is 1.92. The average Bonchev–Trinajstić information content (AvgIpc) is 2.80. The van der Waals surface area contributed by atoms with E-state index in [-0.39, 0.29) is 0 Å². The Hall–Kier alpha value is -2.04. The lowest BCUT2D eigenvalue weighted by atomic mass is 10.2. The average molecular weight is 229 g/mol. The number of aromatic nitrogens is 4. The number of aryl methyl sites for hydroxylation is 1. The second-order valence-electron chi connectivity index (χ2n) is 4.66. The first-order chi connectivity index (χ1) is 8.09. The van der Waals surface area contributed by atoms with Crippen molar-refractivity contribution >= 4 is 22.5 Å². The summed E-state index contributed by atoms with van der Waals surface area (Å²) in [5, 5.41) is 8.49. The van der Waals surface area contributed by atoms with Gasteiger partial charge in [-0.15, -0.1) is 10.2 Å². The molecular weight excluding hydrogens is 214 g/mol. The largest absolute Gasteiger partial charge is 0.399 e. The summed E-state index contributed by atoms with van der Waals surface area (Å²) in [4.78, 5) is 0. The normalized spacial score (nSPS) is 12.0. The van der Waals surface area contributed by atoms with Crippen LogP contribution < -0.4 is 5.73 Å². The van der Waals surface area contributed by atoms with E-state index >= 15 is 0 Å². The Morgan fingerprint density at radius 3 is 2.65 bits per heavy atom. The molecule has 5 heteroatoms. The van der Waals surface area contributed by atoms with Gasteiger partial charge in [0.1, 0.15) is 5.82 Å². The lowest BCUT2D eigenvalue weighted by molar-refractivity contribution is 0.766. The minimum absolute atomic E-state index is 0.331. The van der Waals surface area contributed by atoms with Gasteiger partial charge in [0, 0.05) is 18.7 Å². The van der Waals surface area contributed by atoms with E-state index in [1.807, 2.05) is 29.8 Å². The van der Waals surface area contributed by atoms with E-state index in [1.54, 1.807) is 0 Å². The van der Waals surface area contributed by atoms with E-state index in [9.17, 15) is 0 Å². The molecule has 2 aromatic heterocycles. The molecule has 1 aromatic carbocycles. The summed E-state index contributed by atoms with van der Waals surface area (Å²) in [6.45, 7) is 4.23. The first kappa shape index (κ1) is 10.1. The predicted octanol–water partition coefficient (Wildman–Crippen LogP) is 1.93. The minimum atomic E-state index is 0.331. The molecule has 5 nitrogen and oxygen atoms in total. The van der Waals surface area contributed by atoms with Crippen molar-refractivity contribution in [3.8, 4) is 0 Å². The molecular formula is C12H15N5. The molecule has 0 unspecified atom stereocenters. The first-order valence-electron chi connectivity index (χ1n) is 5.68. The van der Waals surface area contributed by atoms with Crippen molar-refractivity contribution in [2.45, 2.75) is 19.8 Å². The summed E-state index contributed by atoms with van der Waals surface area (Å²) in [6.07, 6.45) is 0. The zero-order valence-corrected chi connectivity index (χ0v) is 10.2. The Balaban J connectivity index is 2.54. The second kappa shape index (κ2) is 3.23. The maximum atomic E-state index is 5.86. The van der Waals surface area contributed by atoms with Crippen LogP contribution in [0.4, 0.5) is 5.69 Å². The maximum Gasteiger partial charge on any atom is 0.236 e. The maximum absolute atomic E-state index is 5.86. The van der Waals surface area contributed by atoms with E-state index < -0.39 is 0 Å². The van der Waals surface area contributed by atoms with Crippen molar-refractivity contribution in [2.24, 2.45) is 7.05 Å². The summed E-state index contributed by atoms with van der Waals surface area (Å²) in [5.74, 6) is 2.16. The van der Waals surface area contributed by atoms with Crippen molar-refractivity contribution in [2.75, 3.05) is 5.73 Å². The highest BCUT2D eigenvalue weighted by atomic mass is 15.3. The molecule has 0 saturated carbocycles. The Morgan fingerprint density at radius 2 is 1.94 bits per heavy atom. The molecule has 0 fully saturated rings. The standard InChI is InChI=1S/C12H15N5/c1-7(2)11-14-15-12-16(3)9-5-4-8(13)6-10(9)17(11)12/h4-7H,13H2,1-3H3. The van der Waals surface area contributed by atoms with Gasteiger partial charge in [-0.1, -0.05) is 13.8 Å². The van der Waals surface area contributed by atoms with Gasteiger partial charge < -0.3 is 10.3 Å². The van der Waals surface area contributed by atoms with E-state index in [2.05, 4.69) is 28.4 Å². The fourth-order valence-corrected chi connectivity index (χ4v) is 2.22. The highest BCUT2D eigenvalue weighted by Gasteiger charge is 2.16. The van der Waals surface area contributed by atoms with Crippen molar-refractivity contribution in [1.82, 2.24) is 19.2 Å². The number of nitrogen functional groups attached to an aromatic ring is 1. The predicted molar refractivity (Wildman–Crippen MR) is 68.0 cm³/mol. The third-order valence-electron chi connectivity index (χ3n) is 3.09. The van der Waals surface area contributed by atoms with E-state index in [1.165, 1.54) is 0 Å². The first-order valence-corrected chi connectivity index (χ1v) is 5.68. The Bertz CT molecular complexity index is 704. The lowest BCUT2D eigenvalue weighted by Gasteiger charge is -2.01. The van der Waals surface area contributed by atoms with Crippen LogP contribution in [0.25, 0.3) is 16.8 Å². The van der Waals surface area contributed by atoms with Crippen LogP contribution in [0.2, 0.25) is 0 Å². The molecule has 0 radical (unpaired) electrons. The fraction of sp³-hybridized carbons (Fsp3) is 0.333. The number of rotatable bonds is 1. The van der Waals surface area contributed by atoms with Crippen LogP contribution in [0.5, 0.6) is 0 Å². The van der Waals surface area contributed by atoms with Crippen LogP contribution in [0.3, 0.4) is 0 Å². The molecule has 2 heterocycles. The molecule has 0 aliphatic heterocycles. The van der Waals surface area contributed by atoms with Gasteiger partial charge in [-0.05, 0) is 18.2 Å². The van der Waals surface area contributed by atoms with E-state index in [4.69, 9.17) is 5.73 Å². The highest BCUT2D eigenvalue weighted by molar-refractivity contribution is 5.83. The van der Waals surface area contributed by atoms with Crippen LogP contribution in [-0.2, 0) is 7.05 Å². The summed E-state index contributed by atoms with van der Waals surface area (Å²) in [6, 6.07) is 5.89. The second-order valence-corrected chi connectivity index (χ2v) is 4.66. The van der Waals surface area contributed by atoms with Gasteiger partial charge in [-0.3, -0.25) is 4.40 Å².